The van der Waals surface area contributed by atoms with Crippen molar-refractivity contribution in [2.45, 2.75) is 9.79 Å². The molecule has 2 rings (SSSR count). The molecule has 5 nitrogen and oxygen atoms in total. The van der Waals surface area contributed by atoms with Crippen LogP contribution < -0.4 is 11.5 Å². The summed E-state index contributed by atoms with van der Waals surface area (Å²) in [7, 11) is -4.07. The lowest BCUT2D eigenvalue weighted by Crippen LogP contribution is -1.97. The second kappa shape index (κ2) is 3.77. The van der Waals surface area contributed by atoms with E-state index in [-0.39, 0.29) is 11.0 Å². The molecule has 0 spiro atoms. The summed E-state index contributed by atoms with van der Waals surface area (Å²) in [5, 5.41) is 3.07. The Morgan fingerprint density at radius 1 is 1.43 bits per heavy atom. The first-order chi connectivity index (χ1) is 6.07. The zero-order chi connectivity index (χ0) is 9.47. The molecule has 14 heavy (non-hydrogen) atoms. The van der Waals surface area contributed by atoms with Gasteiger partial charge in [0.05, 0.1) is 10.8 Å². The molecular weight excluding hydrogens is 224 g/mol. The van der Waals surface area contributed by atoms with Crippen molar-refractivity contribution in [1.82, 2.24) is 6.15 Å². The zero-order valence-electron chi connectivity index (χ0n) is 7.23. The Morgan fingerprint density at radius 3 is 2.79 bits per heavy atom. The van der Waals surface area contributed by atoms with Gasteiger partial charge in [0, 0.05) is 10.6 Å². The smallest absolute Gasteiger partial charge is 0.294 e. The number of hydrogen-bond donors (Lipinski definition) is 3. The molecule has 1 aliphatic heterocycles. The van der Waals surface area contributed by atoms with Crippen molar-refractivity contribution < 1.29 is 13.0 Å². The Hall–Kier alpha value is -0.760. The van der Waals surface area contributed by atoms with E-state index in [1.807, 2.05) is 0 Å². The molecule has 0 atom stereocenters. The molecule has 0 unspecified atom stereocenters. The van der Waals surface area contributed by atoms with E-state index >= 15 is 0 Å². The molecule has 0 fully saturated rings. The summed E-state index contributed by atoms with van der Waals surface area (Å²) in [5.41, 5.74) is 0.914. The lowest BCUT2D eigenvalue weighted by Gasteiger charge is -2.00. The minimum atomic E-state index is -4.07. The molecular formula is C7H10N2O3S2. The van der Waals surface area contributed by atoms with Crippen molar-refractivity contribution in [3.05, 3.63) is 18.2 Å². The van der Waals surface area contributed by atoms with E-state index in [0.29, 0.717) is 0 Å². The molecule has 0 aliphatic carbocycles. The van der Waals surface area contributed by atoms with Crippen molar-refractivity contribution in [3.63, 3.8) is 0 Å². The number of anilines is 1. The molecule has 78 valence electrons. The van der Waals surface area contributed by atoms with Crippen LogP contribution in [0.3, 0.4) is 0 Å². The maximum atomic E-state index is 10.8. The molecule has 1 heterocycles. The van der Waals surface area contributed by atoms with E-state index in [2.05, 4.69) is 5.32 Å². The summed E-state index contributed by atoms with van der Waals surface area (Å²) in [6, 6.07) is 4.50. The van der Waals surface area contributed by atoms with Crippen LogP contribution in [-0.2, 0) is 10.1 Å². The Morgan fingerprint density at radius 2 is 2.14 bits per heavy atom. The Balaban J connectivity index is 0.000000980. The number of rotatable bonds is 1. The van der Waals surface area contributed by atoms with E-state index in [0.717, 1.165) is 16.5 Å². The van der Waals surface area contributed by atoms with E-state index in [9.17, 15) is 8.42 Å². The Bertz CT molecular complexity index is 444. The SMILES string of the molecule is N.O=S(=O)(O)c1ccc2c(c1)SCN2. The summed E-state index contributed by atoms with van der Waals surface area (Å²) in [4.78, 5) is 0.803. The van der Waals surface area contributed by atoms with Crippen LogP contribution in [0, 0.1) is 0 Å². The molecule has 1 aromatic rings. The lowest BCUT2D eigenvalue weighted by molar-refractivity contribution is 0.483. The summed E-state index contributed by atoms with van der Waals surface area (Å²) in [5.74, 6) is 0.740. The predicted molar refractivity (Wildman–Crippen MR) is 55.6 cm³/mol. The molecule has 0 bridgehead atoms. The molecule has 1 aliphatic rings. The van der Waals surface area contributed by atoms with Crippen LogP contribution in [0.2, 0.25) is 0 Å². The summed E-state index contributed by atoms with van der Waals surface area (Å²) in [6.07, 6.45) is 0. The van der Waals surface area contributed by atoms with E-state index < -0.39 is 10.1 Å². The van der Waals surface area contributed by atoms with Gasteiger partial charge in [-0.25, -0.2) is 0 Å². The van der Waals surface area contributed by atoms with Crippen molar-refractivity contribution in [1.29, 1.82) is 0 Å². The fourth-order valence-corrected chi connectivity index (χ4v) is 2.59. The molecule has 0 aromatic heterocycles. The highest BCUT2D eigenvalue weighted by atomic mass is 32.2. The number of benzene rings is 1. The third kappa shape index (κ3) is 2.01. The normalized spacial score (nSPS) is 14.1. The first-order valence-electron chi connectivity index (χ1n) is 3.55. The highest BCUT2D eigenvalue weighted by molar-refractivity contribution is 7.99. The van der Waals surface area contributed by atoms with Crippen LogP contribution >= 0.6 is 11.8 Å². The van der Waals surface area contributed by atoms with Gasteiger partial charge in [-0.3, -0.25) is 4.55 Å². The van der Waals surface area contributed by atoms with Gasteiger partial charge in [0.1, 0.15) is 0 Å². The van der Waals surface area contributed by atoms with Gasteiger partial charge in [-0.2, -0.15) is 8.42 Å². The van der Waals surface area contributed by atoms with Gasteiger partial charge < -0.3 is 11.5 Å². The average Bonchev–Trinajstić information content (AvgIpc) is 2.47. The summed E-state index contributed by atoms with van der Waals surface area (Å²) in [6.45, 7) is 0. The van der Waals surface area contributed by atoms with Gasteiger partial charge in [0.2, 0.25) is 0 Å². The number of nitrogens with one attached hydrogen (secondary N) is 1. The topological polar surface area (TPSA) is 101 Å². The molecule has 0 radical (unpaired) electrons. The van der Waals surface area contributed by atoms with Gasteiger partial charge >= 0.3 is 0 Å². The third-order valence-electron chi connectivity index (χ3n) is 1.74. The van der Waals surface area contributed by atoms with Crippen LogP contribution in [0.4, 0.5) is 5.69 Å². The highest BCUT2D eigenvalue weighted by Gasteiger charge is 2.15. The zero-order valence-corrected chi connectivity index (χ0v) is 8.86. The minimum absolute atomic E-state index is 0. The van der Waals surface area contributed by atoms with Crippen LogP contribution in [0.25, 0.3) is 0 Å². The van der Waals surface area contributed by atoms with Crippen molar-refractivity contribution in [3.8, 4) is 0 Å². The van der Waals surface area contributed by atoms with Crippen molar-refractivity contribution in [2.24, 2.45) is 0 Å². The van der Waals surface area contributed by atoms with Gasteiger partial charge in [0.25, 0.3) is 10.1 Å². The standard InChI is InChI=1S/C7H7NO3S2.H3N/c9-13(10,11)5-1-2-6-7(3-5)12-4-8-6;/h1-3,8H,4H2,(H,9,10,11);1H3. The number of thioether (sulfide) groups is 1. The van der Waals surface area contributed by atoms with Crippen LogP contribution in [0.1, 0.15) is 0 Å². The molecule has 0 saturated carbocycles. The predicted octanol–water partition coefficient (Wildman–Crippen LogP) is 1.57. The van der Waals surface area contributed by atoms with Crippen molar-refractivity contribution >= 4 is 27.6 Å². The second-order valence-electron chi connectivity index (χ2n) is 2.60. The average molecular weight is 234 g/mol. The maximum absolute atomic E-state index is 10.8. The molecule has 1 aromatic carbocycles. The van der Waals surface area contributed by atoms with E-state index in [4.69, 9.17) is 4.55 Å². The van der Waals surface area contributed by atoms with Crippen LogP contribution in [0.15, 0.2) is 28.0 Å². The first-order valence-corrected chi connectivity index (χ1v) is 5.98. The third-order valence-corrected chi connectivity index (χ3v) is 3.53. The largest absolute Gasteiger partial charge is 0.375 e. The summed E-state index contributed by atoms with van der Waals surface area (Å²) < 4.78 is 30.3. The number of fused-ring (bicyclic) bond motifs is 1. The Labute approximate surface area is 86.2 Å². The highest BCUT2D eigenvalue weighted by Crippen LogP contribution is 2.34. The fourth-order valence-electron chi connectivity index (χ4n) is 1.12. The van der Waals surface area contributed by atoms with E-state index in [1.54, 1.807) is 6.07 Å². The molecule has 0 saturated heterocycles. The van der Waals surface area contributed by atoms with Gasteiger partial charge in [-0.15, -0.1) is 11.8 Å². The molecule has 0 amide bonds. The van der Waals surface area contributed by atoms with Gasteiger partial charge in [0.15, 0.2) is 0 Å². The molecule has 7 heteroatoms. The van der Waals surface area contributed by atoms with E-state index in [1.165, 1.54) is 23.9 Å². The monoisotopic (exact) mass is 234 g/mol. The van der Waals surface area contributed by atoms with Crippen molar-refractivity contribution in [2.75, 3.05) is 11.2 Å². The first kappa shape index (κ1) is 11.3. The van der Waals surface area contributed by atoms with Crippen LogP contribution in [0.5, 0.6) is 0 Å². The fraction of sp³-hybridized carbons (Fsp3) is 0.143. The lowest BCUT2D eigenvalue weighted by atomic mass is 10.3. The van der Waals surface area contributed by atoms with Gasteiger partial charge in [-0.1, -0.05) is 0 Å². The van der Waals surface area contributed by atoms with Gasteiger partial charge in [-0.05, 0) is 18.2 Å². The summed E-state index contributed by atoms with van der Waals surface area (Å²) >= 11 is 1.51. The molecule has 5 N–H and O–H groups in total. The second-order valence-corrected chi connectivity index (χ2v) is 5.04. The quantitative estimate of drug-likeness (QED) is 0.637. The Kier molecular flexibility index (Phi) is 3.05. The number of hydrogen-bond acceptors (Lipinski definition) is 5. The van der Waals surface area contributed by atoms with Crippen LogP contribution in [-0.4, -0.2) is 18.8 Å². The minimum Gasteiger partial charge on any atom is -0.375 e. The maximum Gasteiger partial charge on any atom is 0.294 e.